The van der Waals surface area contributed by atoms with Crippen LogP contribution in [-0.4, -0.2) is 14.9 Å². The summed E-state index contributed by atoms with van der Waals surface area (Å²) in [6.07, 6.45) is 0. The lowest BCUT2D eigenvalue weighted by Crippen LogP contribution is -1.91. The fourth-order valence-electron chi connectivity index (χ4n) is 1.11. The van der Waals surface area contributed by atoms with E-state index in [1.165, 1.54) is 18.2 Å². The molecule has 0 aliphatic rings. The number of rotatable bonds is 1. The molecule has 1 heterocycles. The lowest BCUT2D eigenvalue weighted by atomic mass is 10.3. The van der Waals surface area contributed by atoms with Crippen molar-refractivity contribution in [3.8, 4) is 0 Å². The molecule has 0 unspecified atom stereocenters. The number of non-ortho nitro benzene ring substituents is 1. The number of aromatic nitrogens is 2. The number of nitrogens with zero attached hydrogens (tertiary/aromatic N) is 3. The molecule has 0 saturated heterocycles. The van der Waals surface area contributed by atoms with E-state index in [2.05, 4.69) is 9.97 Å². The monoisotopic (exact) mass is 273 g/mol. The van der Waals surface area contributed by atoms with Gasteiger partial charge in [-0.05, 0) is 6.07 Å². The van der Waals surface area contributed by atoms with Crippen molar-refractivity contribution >= 4 is 39.9 Å². The van der Waals surface area contributed by atoms with Crippen LogP contribution >= 0.6 is 23.2 Å². The molecule has 0 radical (unpaired) electrons. The minimum absolute atomic E-state index is 0.0321. The van der Waals surface area contributed by atoms with Crippen LogP contribution in [0.15, 0.2) is 18.2 Å². The van der Waals surface area contributed by atoms with Crippen LogP contribution in [0.4, 0.5) is 5.69 Å². The van der Waals surface area contributed by atoms with Gasteiger partial charge in [0.2, 0.25) is 0 Å². The summed E-state index contributed by atoms with van der Waals surface area (Å²) in [6, 6.07) is 4.11. The van der Waals surface area contributed by atoms with Crippen LogP contribution < -0.4 is 0 Å². The molecular weight excluding hydrogens is 265 g/mol. The SMILES string of the molecule is CC.O=[N+]([O-])c1ccc2nc(Cl)c(Cl)nc2c1. The second kappa shape index (κ2) is 5.75. The Hall–Kier alpha value is -1.46. The summed E-state index contributed by atoms with van der Waals surface area (Å²) in [5.41, 5.74) is 0.754. The number of halogens is 2. The summed E-state index contributed by atoms with van der Waals surface area (Å²) in [7, 11) is 0. The fraction of sp³-hybridized carbons (Fsp3) is 0.200. The van der Waals surface area contributed by atoms with Crippen LogP contribution in [0.5, 0.6) is 0 Å². The first kappa shape index (κ1) is 13.6. The van der Waals surface area contributed by atoms with E-state index >= 15 is 0 Å². The Labute approximate surface area is 108 Å². The third kappa shape index (κ3) is 3.01. The maximum absolute atomic E-state index is 10.5. The van der Waals surface area contributed by atoms with Crippen LogP contribution in [0.1, 0.15) is 13.8 Å². The second-order valence-electron chi connectivity index (χ2n) is 2.74. The summed E-state index contributed by atoms with van der Waals surface area (Å²) in [5, 5.41) is 10.6. The summed E-state index contributed by atoms with van der Waals surface area (Å²) in [5.74, 6) is 0. The highest BCUT2D eigenvalue weighted by atomic mass is 35.5. The predicted molar refractivity (Wildman–Crippen MR) is 67.6 cm³/mol. The summed E-state index contributed by atoms with van der Waals surface area (Å²) in [4.78, 5) is 17.8. The first-order chi connectivity index (χ1) is 8.08. The van der Waals surface area contributed by atoms with E-state index in [0.717, 1.165) is 0 Å². The second-order valence-corrected chi connectivity index (χ2v) is 3.45. The summed E-state index contributed by atoms with van der Waals surface area (Å²) >= 11 is 11.3. The van der Waals surface area contributed by atoms with Crippen LogP contribution in [0, 0.1) is 10.1 Å². The molecule has 0 atom stereocenters. The topological polar surface area (TPSA) is 68.9 Å². The van der Waals surface area contributed by atoms with Gasteiger partial charge in [-0.1, -0.05) is 37.0 Å². The number of hydrogen-bond donors (Lipinski definition) is 0. The molecule has 0 bridgehead atoms. The molecule has 2 rings (SSSR count). The number of benzene rings is 1. The van der Waals surface area contributed by atoms with Crippen molar-refractivity contribution < 1.29 is 4.92 Å². The molecule has 7 heteroatoms. The third-order valence-electron chi connectivity index (χ3n) is 1.78. The fourth-order valence-corrected chi connectivity index (χ4v) is 1.38. The molecule has 0 fully saturated rings. The predicted octanol–water partition coefficient (Wildman–Crippen LogP) is 3.87. The molecule has 2 aromatic rings. The molecule has 0 saturated carbocycles. The quantitative estimate of drug-likeness (QED) is 0.584. The Kier molecular flexibility index (Phi) is 4.60. The van der Waals surface area contributed by atoms with Gasteiger partial charge in [0.25, 0.3) is 5.69 Å². The molecule has 1 aromatic heterocycles. The first-order valence-corrected chi connectivity index (χ1v) is 5.61. The van der Waals surface area contributed by atoms with E-state index in [-0.39, 0.29) is 16.0 Å². The van der Waals surface area contributed by atoms with Gasteiger partial charge < -0.3 is 0 Å². The number of fused-ring (bicyclic) bond motifs is 1. The Bertz CT molecular complexity index is 560. The molecule has 1 aromatic carbocycles. The molecule has 0 N–H and O–H groups in total. The highest BCUT2D eigenvalue weighted by molar-refractivity contribution is 6.40. The normalized spacial score (nSPS) is 9.65. The van der Waals surface area contributed by atoms with Crippen molar-refractivity contribution in [2.24, 2.45) is 0 Å². The van der Waals surface area contributed by atoms with Gasteiger partial charge in [0.1, 0.15) is 0 Å². The standard InChI is InChI=1S/C8H3Cl2N3O2.C2H6/c9-7-8(10)12-6-3-4(13(14)15)1-2-5(6)11-7;1-2/h1-3H;1-2H3. The molecule has 17 heavy (non-hydrogen) atoms. The average molecular weight is 274 g/mol. The summed E-state index contributed by atoms with van der Waals surface area (Å²) in [6.45, 7) is 4.00. The van der Waals surface area contributed by atoms with Crippen molar-refractivity contribution in [2.45, 2.75) is 13.8 Å². The van der Waals surface area contributed by atoms with Gasteiger partial charge in [0.15, 0.2) is 10.3 Å². The Balaban J connectivity index is 0.000000686. The van der Waals surface area contributed by atoms with Gasteiger partial charge in [-0.2, -0.15) is 0 Å². The lowest BCUT2D eigenvalue weighted by molar-refractivity contribution is -0.384. The largest absolute Gasteiger partial charge is 0.271 e. The number of hydrogen-bond acceptors (Lipinski definition) is 4. The highest BCUT2D eigenvalue weighted by Gasteiger charge is 2.09. The van der Waals surface area contributed by atoms with E-state index in [0.29, 0.717) is 11.0 Å². The van der Waals surface area contributed by atoms with E-state index in [1.807, 2.05) is 13.8 Å². The molecule has 0 spiro atoms. The average Bonchev–Trinajstić information content (AvgIpc) is 2.32. The summed E-state index contributed by atoms with van der Waals surface area (Å²) < 4.78 is 0. The van der Waals surface area contributed by atoms with Gasteiger partial charge in [0, 0.05) is 12.1 Å². The Morgan fingerprint density at radius 3 is 2.18 bits per heavy atom. The van der Waals surface area contributed by atoms with E-state index in [9.17, 15) is 10.1 Å². The molecular formula is C10H9Cl2N3O2. The van der Waals surface area contributed by atoms with Gasteiger partial charge in [0.05, 0.1) is 16.0 Å². The van der Waals surface area contributed by atoms with Gasteiger partial charge in [-0.3, -0.25) is 10.1 Å². The third-order valence-corrected chi connectivity index (χ3v) is 2.40. The van der Waals surface area contributed by atoms with Crippen LogP contribution in [-0.2, 0) is 0 Å². The highest BCUT2D eigenvalue weighted by Crippen LogP contribution is 2.23. The number of nitro benzene ring substituents is 1. The molecule has 5 nitrogen and oxygen atoms in total. The van der Waals surface area contributed by atoms with Crippen molar-refractivity contribution in [2.75, 3.05) is 0 Å². The van der Waals surface area contributed by atoms with Crippen molar-refractivity contribution in [1.82, 2.24) is 9.97 Å². The molecule has 0 aliphatic carbocycles. The maximum Gasteiger partial charge on any atom is 0.271 e. The van der Waals surface area contributed by atoms with Gasteiger partial charge >= 0.3 is 0 Å². The van der Waals surface area contributed by atoms with Gasteiger partial charge in [-0.25, -0.2) is 9.97 Å². The lowest BCUT2D eigenvalue weighted by Gasteiger charge is -1.98. The van der Waals surface area contributed by atoms with E-state index in [4.69, 9.17) is 23.2 Å². The van der Waals surface area contributed by atoms with Crippen molar-refractivity contribution in [1.29, 1.82) is 0 Å². The minimum atomic E-state index is -0.510. The molecule has 90 valence electrons. The molecule has 0 amide bonds. The van der Waals surface area contributed by atoms with Crippen molar-refractivity contribution in [3.63, 3.8) is 0 Å². The maximum atomic E-state index is 10.5. The van der Waals surface area contributed by atoms with Crippen molar-refractivity contribution in [3.05, 3.63) is 38.6 Å². The van der Waals surface area contributed by atoms with Crippen LogP contribution in [0.2, 0.25) is 10.3 Å². The van der Waals surface area contributed by atoms with E-state index < -0.39 is 4.92 Å². The van der Waals surface area contributed by atoms with Gasteiger partial charge in [-0.15, -0.1) is 0 Å². The van der Waals surface area contributed by atoms with Crippen LogP contribution in [0.25, 0.3) is 11.0 Å². The Morgan fingerprint density at radius 1 is 1.12 bits per heavy atom. The smallest absolute Gasteiger partial charge is 0.258 e. The van der Waals surface area contributed by atoms with Crippen LogP contribution in [0.3, 0.4) is 0 Å². The zero-order valence-corrected chi connectivity index (χ0v) is 10.7. The minimum Gasteiger partial charge on any atom is -0.258 e. The molecule has 0 aliphatic heterocycles. The zero-order valence-electron chi connectivity index (χ0n) is 9.15. The number of nitro groups is 1. The van der Waals surface area contributed by atoms with E-state index in [1.54, 1.807) is 0 Å². The Morgan fingerprint density at radius 2 is 1.65 bits per heavy atom. The zero-order chi connectivity index (χ0) is 13.0. The first-order valence-electron chi connectivity index (χ1n) is 4.85.